The molecule has 0 radical (unpaired) electrons. The number of hydrogen-bond acceptors (Lipinski definition) is 5. The minimum Gasteiger partial charge on any atom is -0.454 e. The molecule has 1 amide bonds. The number of pyridine rings is 1. The number of H-pyrrole nitrogens is 1. The summed E-state index contributed by atoms with van der Waals surface area (Å²) >= 11 is 0. The Balaban J connectivity index is 1.52. The topological polar surface area (TPSA) is 92.8 Å². The third-order valence-corrected chi connectivity index (χ3v) is 3.79. The van der Waals surface area contributed by atoms with Gasteiger partial charge in [0.15, 0.2) is 11.5 Å². The van der Waals surface area contributed by atoms with Crippen molar-refractivity contribution in [3.05, 3.63) is 70.0 Å². The third kappa shape index (κ3) is 2.94. The fourth-order valence-corrected chi connectivity index (χ4v) is 2.52. The molecule has 3 aromatic rings. The summed E-state index contributed by atoms with van der Waals surface area (Å²) in [5.41, 5.74) is 3.60. The van der Waals surface area contributed by atoms with Gasteiger partial charge in [-0.15, -0.1) is 0 Å². The Morgan fingerprint density at radius 3 is 2.88 bits per heavy atom. The van der Waals surface area contributed by atoms with E-state index in [2.05, 4.69) is 15.5 Å². The summed E-state index contributed by atoms with van der Waals surface area (Å²) in [6.07, 6.45) is 1.32. The van der Waals surface area contributed by atoms with Gasteiger partial charge in [-0.3, -0.25) is 9.59 Å². The van der Waals surface area contributed by atoms with E-state index in [0.717, 1.165) is 10.9 Å². The fourth-order valence-electron chi connectivity index (χ4n) is 2.52. The van der Waals surface area contributed by atoms with Gasteiger partial charge in [0.1, 0.15) is 0 Å². The Morgan fingerprint density at radius 1 is 1.12 bits per heavy atom. The van der Waals surface area contributed by atoms with Crippen LogP contribution >= 0.6 is 0 Å². The molecule has 0 spiro atoms. The first-order chi connectivity index (χ1) is 12.2. The minimum absolute atomic E-state index is 0.142. The summed E-state index contributed by atoms with van der Waals surface area (Å²) in [5, 5.41) is 4.74. The molecule has 1 aliphatic rings. The van der Waals surface area contributed by atoms with Crippen LogP contribution in [0.5, 0.6) is 11.5 Å². The summed E-state index contributed by atoms with van der Waals surface area (Å²) in [5.74, 6) is 0.706. The van der Waals surface area contributed by atoms with Gasteiger partial charge in [0.2, 0.25) is 6.79 Å². The van der Waals surface area contributed by atoms with E-state index >= 15 is 0 Å². The van der Waals surface area contributed by atoms with Gasteiger partial charge < -0.3 is 14.5 Å². The number of rotatable bonds is 3. The number of aromatic nitrogens is 1. The van der Waals surface area contributed by atoms with Gasteiger partial charge >= 0.3 is 0 Å². The monoisotopic (exact) mass is 335 g/mol. The van der Waals surface area contributed by atoms with Crippen molar-refractivity contribution in [2.75, 3.05) is 6.79 Å². The van der Waals surface area contributed by atoms with Gasteiger partial charge in [-0.2, -0.15) is 5.10 Å². The number of ether oxygens (including phenoxy) is 2. The highest BCUT2D eigenvalue weighted by atomic mass is 16.7. The van der Waals surface area contributed by atoms with E-state index in [-0.39, 0.29) is 12.4 Å². The molecule has 0 aliphatic carbocycles. The van der Waals surface area contributed by atoms with Crippen molar-refractivity contribution >= 4 is 23.0 Å². The Kier molecular flexibility index (Phi) is 3.66. The second kappa shape index (κ2) is 6.12. The van der Waals surface area contributed by atoms with E-state index in [4.69, 9.17) is 9.47 Å². The molecule has 0 unspecified atom stereocenters. The smallest absolute Gasteiger partial charge is 0.271 e. The van der Waals surface area contributed by atoms with Gasteiger partial charge in [-0.1, -0.05) is 18.2 Å². The summed E-state index contributed by atoms with van der Waals surface area (Å²) in [6.45, 7) is 0.142. The first-order valence-electron chi connectivity index (χ1n) is 7.56. The molecule has 124 valence electrons. The van der Waals surface area contributed by atoms with Gasteiger partial charge in [-0.25, -0.2) is 5.43 Å². The lowest BCUT2D eigenvalue weighted by Crippen LogP contribution is -2.19. The standard InChI is InChI=1S/C18H13N3O4/c22-17-13(7-11-3-1-2-4-14(11)20-17)9-19-21-18(23)12-5-6-15-16(8-12)25-10-24-15/h1-9H,10H2,(H,20,22)(H,21,23). The number of benzene rings is 2. The van der Waals surface area contributed by atoms with Crippen molar-refractivity contribution in [1.29, 1.82) is 0 Å². The zero-order valence-electron chi connectivity index (χ0n) is 13.0. The average Bonchev–Trinajstić information content (AvgIpc) is 3.09. The maximum atomic E-state index is 12.1. The molecule has 7 nitrogen and oxygen atoms in total. The highest BCUT2D eigenvalue weighted by Crippen LogP contribution is 2.32. The first kappa shape index (κ1) is 14.9. The minimum atomic E-state index is -0.410. The lowest BCUT2D eigenvalue weighted by atomic mass is 10.2. The highest BCUT2D eigenvalue weighted by molar-refractivity contribution is 5.96. The number of hydrogen-bond donors (Lipinski definition) is 2. The van der Waals surface area contributed by atoms with E-state index in [1.165, 1.54) is 6.21 Å². The van der Waals surface area contributed by atoms with E-state index in [9.17, 15) is 9.59 Å². The van der Waals surface area contributed by atoms with Gasteiger partial charge in [0, 0.05) is 11.1 Å². The first-order valence-corrected chi connectivity index (χ1v) is 7.56. The number of carbonyl (C=O) groups is 1. The number of hydrazone groups is 1. The second-order valence-corrected chi connectivity index (χ2v) is 5.41. The molecule has 4 rings (SSSR count). The number of nitrogens with one attached hydrogen (secondary N) is 2. The van der Waals surface area contributed by atoms with E-state index in [1.54, 1.807) is 24.3 Å². The molecule has 0 bridgehead atoms. The predicted octanol–water partition coefficient (Wildman–Crippen LogP) is 2.02. The fraction of sp³-hybridized carbons (Fsp3) is 0.0556. The Morgan fingerprint density at radius 2 is 1.96 bits per heavy atom. The van der Waals surface area contributed by atoms with Crippen LogP contribution in [0.15, 0.2) is 58.4 Å². The molecule has 7 heteroatoms. The number of fused-ring (bicyclic) bond motifs is 2. The normalized spacial score (nSPS) is 12.6. The maximum Gasteiger partial charge on any atom is 0.271 e. The van der Waals surface area contributed by atoms with E-state index < -0.39 is 5.91 Å². The van der Waals surface area contributed by atoms with Crippen LogP contribution in [0.2, 0.25) is 0 Å². The summed E-state index contributed by atoms with van der Waals surface area (Å²) in [4.78, 5) is 26.9. The van der Waals surface area contributed by atoms with Crippen LogP contribution in [0.1, 0.15) is 15.9 Å². The number of aromatic amines is 1. The van der Waals surface area contributed by atoms with Crippen LogP contribution in [-0.4, -0.2) is 23.9 Å². The highest BCUT2D eigenvalue weighted by Gasteiger charge is 2.15. The van der Waals surface area contributed by atoms with Gasteiger partial charge in [0.05, 0.1) is 11.8 Å². The lowest BCUT2D eigenvalue weighted by Gasteiger charge is -2.02. The molecule has 0 fully saturated rings. The quantitative estimate of drug-likeness (QED) is 0.566. The molecule has 2 heterocycles. The third-order valence-electron chi connectivity index (χ3n) is 3.79. The number of carbonyl (C=O) groups excluding carboxylic acids is 1. The Hall–Kier alpha value is -3.61. The van der Waals surface area contributed by atoms with Crippen LogP contribution in [0.3, 0.4) is 0 Å². The van der Waals surface area contributed by atoms with E-state index in [0.29, 0.717) is 22.6 Å². The van der Waals surface area contributed by atoms with Gasteiger partial charge in [0.25, 0.3) is 11.5 Å². The lowest BCUT2D eigenvalue weighted by molar-refractivity contribution is 0.0954. The predicted molar refractivity (Wildman–Crippen MR) is 92.2 cm³/mol. The largest absolute Gasteiger partial charge is 0.454 e. The number of nitrogens with zero attached hydrogens (tertiary/aromatic N) is 1. The van der Waals surface area contributed by atoms with Crippen molar-refractivity contribution in [3.63, 3.8) is 0 Å². The molecular formula is C18H13N3O4. The summed E-state index contributed by atoms with van der Waals surface area (Å²) in [7, 11) is 0. The molecule has 0 saturated carbocycles. The van der Waals surface area contributed by atoms with Crippen molar-refractivity contribution in [2.24, 2.45) is 5.10 Å². The number of amides is 1. The summed E-state index contributed by atoms with van der Waals surface area (Å²) < 4.78 is 10.4. The maximum absolute atomic E-state index is 12.1. The van der Waals surface area contributed by atoms with Crippen molar-refractivity contribution in [1.82, 2.24) is 10.4 Å². The van der Waals surface area contributed by atoms with Gasteiger partial charge in [-0.05, 0) is 35.7 Å². The van der Waals surface area contributed by atoms with Crippen LogP contribution in [0.4, 0.5) is 0 Å². The molecule has 2 N–H and O–H groups in total. The molecule has 1 aliphatic heterocycles. The van der Waals surface area contributed by atoms with Crippen LogP contribution in [-0.2, 0) is 0 Å². The van der Waals surface area contributed by atoms with Crippen molar-refractivity contribution in [2.45, 2.75) is 0 Å². The van der Waals surface area contributed by atoms with Crippen LogP contribution < -0.4 is 20.5 Å². The molecule has 25 heavy (non-hydrogen) atoms. The van der Waals surface area contributed by atoms with Crippen LogP contribution in [0, 0.1) is 0 Å². The zero-order valence-corrected chi connectivity index (χ0v) is 13.0. The SMILES string of the molecule is O=C(NN=Cc1cc2ccccc2[nH]c1=O)c1ccc2c(c1)OCO2. The molecule has 0 atom stereocenters. The second-order valence-electron chi connectivity index (χ2n) is 5.41. The van der Waals surface area contributed by atoms with Crippen molar-refractivity contribution in [3.8, 4) is 11.5 Å². The van der Waals surface area contributed by atoms with Crippen LogP contribution in [0.25, 0.3) is 10.9 Å². The Bertz CT molecular complexity index is 1060. The van der Waals surface area contributed by atoms with Crippen molar-refractivity contribution < 1.29 is 14.3 Å². The average molecular weight is 335 g/mol. The molecule has 0 saturated heterocycles. The number of para-hydroxylation sites is 1. The molecule has 2 aromatic carbocycles. The zero-order chi connectivity index (χ0) is 17.2. The van der Waals surface area contributed by atoms with E-state index in [1.807, 2.05) is 24.3 Å². The molecular weight excluding hydrogens is 322 g/mol. The Labute approximate surface area is 141 Å². The summed E-state index contributed by atoms with van der Waals surface area (Å²) in [6, 6.07) is 14.0. The molecule has 1 aromatic heterocycles.